The standard InChI is InChI=1S/C17H25N3O4/c1-19(2)17(22)20-9-5-6-12(11-20)16(21)18-14-10-13(23-3)7-8-15(14)24-4/h7-8,10,12H,5-6,9,11H2,1-4H3,(H,18,21). The Bertz CT molecular complexity index is 603. The Hall–Kier alpha value is -2.44. The second kappa shape index (κ2) is 7.90. The molecule has 1 aromatic carbocycles. The number of likely N-dealkylation sites (tertiary alicyclic amines) is 1. The van der Waals surface area contributed by atoms with E-state index in [4.69, 9.17) is 9.47 Å². The highest BCUT2D eigenvalue weighted by atomic mass is 16.5. The van der Waals surface area contributed by atoms with E-state index in [2.05, 4.69) is 5.32 Å². The Kier molecular flexibility index (Phi) is 5.89. The van der Waals surface area contributed by atoms with Gasteiger partial charge in [0.1, 0.15) is 11.5 Å². The molecule has 1 atom stereocenters. The van der Waals surface area contributed by atoms with Gasteiger partial charge in [-0.15, -0.1) is 0 Å². The van der Waals surface area contributed by atoms with Gasteiger partial charge in [0.2, 0.25) is 5.91 Å². The highest BCUT2D eigenvalue weighted by Crippen LogP contribution is 2.30. The Morgan fingerprint density at radius 3 is 2.62 bits per heavy atom. The average Bonchev–Trinajstić information content (AvgIpc) is 2.60. The lowest BCUT2D eigenvalue weighted by Crippen LogP contribution is -2.47. The molecule has 1 aliphatic heterocycles. The van der Waals surface area contributed by atoms with Crippen molar-refractivity contribution in [3.63, 3.8) is 0 Å². The fourth-order valence-corrected chi connectivity index (χ4v) is 2.79. The number of rotatable bonds is 4. The summed E-state index contributed by atoms with van der Waals surface area (Å²) in [5.74, 6) is 0.858. The first-order chi connectivity index (χ1) is 11.5. The van der Waals surface area contributed by atoms with E-state index in [0.717, 1.165) is 12.8 Å². The molecule has 132 valence electrons. The van der Waals surface area contributed by atoms with Crippen molar-refractivity contribution >= 4 is 17.6 Å². The molecule has 1 aromatic rings. The van der Waals surface area contributed by atoms with Gasteiger partial charge < -0.3 is 24.6 Å². The van der Waals surface area contributed by atoms with Crippen molar-refractivity contribution in [2.45, 2.75) is 12.8 Å². The summed E-state index contributed by atoms with van der Waals surface area (Å²) in [6.45, 7) is 1.11. The second-order valence-electron chi connectivity index (χ2n) is 6.02. The number of nitrogens with zero attached hydrogens (tertiary/aromatic N) is 2. The van der Waals surface area contributed by atoms with Crippen molar-refractivity contribution < 1.29 is 19.1 Å². The molecule has 1 N–H and O–H groups in total. The largest absolute Gasteiger partial charge is 0.497 e. The molecule has 2 rings (SSSR count). The highest BCUT2D eigenvalue weighted by Gasteiger charge is 2.29. The fourth-order valence-electron chi connectivity index (χ4n) is 2.79. The first-order valence-electron chi connectivity index (χ1n) is 7.95. The third kappa shape index (κ3) is 4.10. The lowest BCUT2D eigenvalue weighted by Gasteiger charge is -2.33. The summed E-state index contributed by atoms with van der Waals surface area (Å²) in [5, 5.41) is 2.90. The van der Waals surface area contributed by atoms with Crippen LogP contribution in [0.4, 0.5) is 10.5 Å². The summed E-state index contributed by atoms with van der Waals surface area (Å²) in [7, 11) is 6.55. The van der Waals surface area contributed by atoms with Crippen LogP contribution in [0.15, 0.2) is 18.2 Å². The molecule has 1 heterocycles. The molecule has 7 heteroatoms. The number of nitrogens with one attached hydrogen (secondary N) is 1. The Labute approximate surface area is 142 Å². The van der Waals surface area contributed by atoms with Gasteiger partial charge >= 0.3 is 6.03 Å². The summed E-state index contributed by atoms with van der Waals surface area (Å²) in [6.07, 6.45) is 1.57. The summed E-state index contributed by atoms with van der Waals surface area (Å²) < 4.78 is 10.5. The highest BCUT2D eigenvalue weighted by molar-refractivity contribution is 5.94. The number of carbonyl (C=O) groups is 2. The molecule has 0 spiro atoms. The van der Waals surface area contributed by atoms with Crippen molar-refractivity contribution in [2.75, 3.05) is 46.7 Å². The molecule has 3 amide bonds. The predicted octanol–water partition coefficient (Wildman–Crippen LogP) is 2.04. The molecule has 1 fully saturated rings. The number of carbonyl (C=O) groups excluding carboxylic acids is 2. The summed E-state index contributed by atoms with van der Waals surface area (Å²) in [6, 6.07) is 5.18. The molecule has 1 unspecified atom stereocenters. The first kappa shape index (κ1) is 17.9. The number of piperidine rings is 1. The van der Waals surface area contributed by atoms with Crippen molar-refractivity contribution in [2.24, 2.45) is 5.92 Å². The van der Waals surface area contributed by atoms with Gasteiger partial charge in [0, 0.05) is 33.3 Å². The van der Waals surface area contributed by atoms with Gasteiger partial charge in [0.15, 0.2) is 0 Å². The van der Waals surface area contributed by atoms with E-state index >= 15 is 0 Å². The maximum atomic E-state index is 12.6. The van der Waals surface area contributed by atoms with Gasteiger partial charge in [-0.2, -0.15) is 0 Å². The SMILES string of the molecule is COc1ccc(OC)c(NC(=O)C2CCCN(C(=O)N(C)C)C2)c1. The zero-order valence-electron chi connectivity index (χ0n) is 14.7. The van der Waals surface area contributed by atoms with Gasteiger partial charge in [-0.05, 0) is 25.0 Å². The lowest BCUT2D eigenvalue weighted by molar-refractivity contribution is -0.121. The van der Waals surface area contributed by atoms with E-state index in [1.807, 2.05) is 0 Å². The van der Waals surface area contributed by atoms with Gasteiger partial charge in [-0.3, -0.25) is 4.79 Å². The molecule has 0 saturated carbocycles. The number of hydrogen-bond donors (Lipinski definition) is 1. The van der Waals surface area contributed by atoms with E-state index in [0.29, 0.717) is 30.3 Å². The summed E-state index contributed by atoms with van der Waals surface area (Å²) in [5.41, 5.74) is 0.568. The van der Waals surface area contributed by atoms with Crippen LogP contribution in [0.5, 0.6) is 11.5 Å². The van der Waals surface area contributed by atoms with Crippen LogP contribution in [0.2, 0.25) is 0 Å². The molecule has 1 saturated heterocycles. The molecule has 0 aliphatic carbocycles. The van der Waals surface area contributed by atoms with Crippen molar-refractivity contribution in [3.8, 4) is 11.5 Å². The van der Waals surface area contributed by atoms with Crippen LogP contribution in [-0.4, -0.2) is 63.1 Å². The molecule has 7 nitrogen and oxygen atoms in total. The minimum atomic E-state index is -0.237. The number of amides is 3. The van der Waals surface area contributed by atoms with Crippen LogP contribution >= 0.6 is 0 Å². The molecule has 1 aliphatic rings. The molecular weight excluding hydrogens is 310 g/mol. The van der Waals surface area contributed by atoms with E-state index in [9.17, 15) is 9.59 Å². The van der Waals surface area contributed by atoms with Crippen molar-refractivity contribution in [3.05, 3.63) is 18.2 Å². The summed E-state index contributed by atoms with van der Waals surface area (Å²) in [4.78, 5) is 28.0. The minimum Gasteiger partial charge on any atom is -0.497 e. The Morgan fingerprint density at radius 2 is 2.00 bits per heavy atom. The van der Waals surface area contributed by atoms with E-state index in [1.54, 1.807) is 51.4 Å². The number of benzene rings is 1. The normalized spacial score (nSPS) is 17.2. The van der Waals surface area contributed by atoms with Crippen LogP contribution in [0.3, 0.4) is 0 Å². The van der Waals surface area contributed by atoms with Gasteiger partial charge in [-0.1, -0.05) is 0 Å². The van der Waals surface area contributed by atoms with Gasteiger partial charge in [0.05, 0.1) is 25.8 Å². The number of urea groups is 1. The van der Waals surface area contributed by atoms with Crippen molar-refractivity contribution in [1.29, 1.82) is 0 Å². The first-order valence-corrected chi connectivity index (χ1v) is 7.95. The predicted molar refractivity (Wildman–Crippen MR) is 91.6 cm³/mol. The van der Waals surface area contributed by atoms with Crippen molar-refractivity contribution in [1.82, 2.24) is 9.80 Å². The fraction of sp³-hybridized carbons (Fsp3) is 0.529. The topological polar surface area (TPSA) is 71.1 Å². The lowest BCUT2D eigenvalue weighted by atomic mass is 9.97. The molecule has 0 aromatic heterocycles. The minimum absolute atomic E-state index is 0.0635. The maximum absolute atomic E-state index is 12.6. The number of anilines is 1. The zero-order chi connectivity index (χ0) is 17.7. The Morgan fingerprint density at radius 1 is 1.25 bits per heavy atom. The molecule has 24 heavy (non-hydrogen) atoms. The smallest absolute Gasteiger partial charge is 0.319 e. The third-order valence-corrected chi connectivity index (χ3v) is 4.11. The second-order valence-corrected chi connectivity index (χ2v) is 6.02. The van der Waals surface area contributed by atoms with Gasteiger partial charge in [0.25, 0.3) is 0 Å². The van der Waals surface area contributed by atoms with Crippen LogP contribution in [0, 0.1) is 5.92 Å². The third-order valence-electron chi connectivity index (χ3n) is 4.11. The van der Waals surface area contributed by atoms with Crippen LogP contribution in [0.1, 0.15) is 12.8 Å². The zero-order valence-corrected chi connectivity index (χ0v) is 14.7. The quantitative estimate of drug-likeness (QED) is 0.914. The van der Waals surface area contributed by atoms with Gasteiger partial charge in [-0.25, -0.2) is 4.79 Å². The average molecular weight is 335 g/mol. The van der Waals surface area contributed by atoms with E-state index in [1.165, 1.54) is 4.90 Å². The Balaban J connectivity index is 2.08. The molecular formula is C17H25N3O4. The molecule has 0 bridgehead atoms. The van der Waals surface area contributed by atoms with E-state index in [-0.39, 0.29) is 17.9 Å². The number of hydrogen-bond acceptors (Lipinski definition) is 4. The van der Waals surface area contributed by atoms with Crippen LogP contribution in [-0.2, 0) is 4.79 Å². The molecule has 0 radical (unpaired) electrons. The number of ether oxygens (including phenoxy) is 2. The maximum Gasteiger partial charge on any atom is 0.319 e. The number of methoxy groups -OCH3 is 2. The van der Waals surface area contributed by atoms with E-state index < -0.39 is 0 Å². The van der Waals surface area contributed by atoms with Crippen LogP contribution < -0.4 is 14.8 Å². The van der Waals surface area contributed by atoms with Crippen LogP contribution in [0.25, 0.3) is 0 Å². The summed E-state index contributed by atoms with van der Waals surface area (Å²) >= 11 is 0. The monoisotopic (exact) mass is 335 g/mol.